The van der Waals surface area contributed by atoms with E-state index in [1.165, 1.54) is 11.4 Å². The largest absolute Gasteiger partial charge is 0.323 e. The third kappa shape index (κ3) is 5.68. The molecule has 20 heavy (non-hydrogen) atoms. The molecule has 0 radical (unpaired) electrons. The minimum absolute atomic E-state index is 0.551. The van der Waals surface area contributed by atoms with Gasteiger partial charge in [0.1, 0.15) is 0 Å². The number of hydrogen-bond donors (Lipinski definition) is 1. The lowest BCUT2D eigenvalue weighted by Gasteiger charge is -2.25. The lowest BCUT2D eigenvalue weighted by Crippen LogP contribution is -2.10. The van der Waals surface area contributed by atoms with Crippen LogP contribution in [0.5, 0.6) is 0 Å². The van der Waals surface area contributed by atoms with E-state index in [-0.39, 0.29) is 0 Å². The summed E-state index contributed by atoms with van der Waals surface area (Å²) >= 11 is 1.84. The highest BCUT2D eigenvalue weighted by atomic mass is 32.2. The molecule has 0 heterocycles. The third-order valence-corrected chi connectivity index (χ3v) is 3.35. The molecule has 108 valence electrons. The van der Waals surface area contributed by atoms with Crippen molar-refractivity contribution in [2.24, 2.45) is 0 Å². The van der Waals surface area contributed by atoms with E-state index in [4.69, 9.17) is 0 Å². The quantitative estimate of drug-likeness (QED) is 0.820. The zero-order valence-corrected chi connectivity index (χ0v) is 13.5. The Morgan fingerprint density at radius 3 is 1.45 bits per heavy atom. The average Bonchev–Trinajstić information content (AvgIpc) is 2.47. The molecule has 0 aliphatic heterocycles. The van der Waals surface area contributed by atoms with Crippen LogP contribution in [0.15, 0.2) is 60.7 Å². The summed E-state index contributed by atoms with van der Waals surface area (Å²) in [7, 11) is 3.75. The van der Waals surface area contributed by atoms with Crippen molar-refractivity contribution in [3.8, 4) is 0 Å². The van der Waals surface area contributed by atoms with Gasteiger partial charge in [0, 0.05) is 5.25 Å². The van der Waals surface area contributed by atoms with Gasteiger partial charge in [-0.1, -0.05) is 50.2 Å². The van der Waals surface area contributed by atoms with Crippen LogP contribution in [-0.4, -0.2) is 19.3 Å². The van der Waals surface area contributed by atoms with Crippen molar-refractivity contribution < 1.29 is 0 Å². The lowest BCUT2D eigenvalue weighted by molar-refractivity contribution is 1.02. The molecular formula is C17H24N2S. The van der Waals surface area contributed by atoms with E-state index in [9.17, 15) is 0 Å². The van der Waals surface area contributed by atoms with Gasteiger partial charge in [-0.3, -0.25) is 4.31 Å². The van der Waals surface area contributed by atoms with Crippen molar-refractivity contribution in [1.82, 2.24) is 5.32 Å². The molecule has 0 amide bonds. The molecule has 2 aromatic carbocycles. The molecule has 2 rings (SSSR count). The van der Waals surface area contributed by atoms with Crippen molar-refractivity contribution in [1.29, 1.82) is 0 Å². The van der Waals surface area contributed by atoms with Crippen LogP contribution in [0, 0.1) is 0 Å². The van der Waals surface area contributed by atoms with Crippen LogP contribution in [0.4, 0.5) is 11.4 Å². The third-order valence-electron chi connectivity index (χ3n) is 2.30. The van der Waals surface area contributed by atoms with Gasteiger partial charge in [-0.2, -0.15) is 0 Å². The van der Waals surface area contributed by atoms with Crippen molar-refractivity contribution in [2.45, 2.75) is 19.1 Å². The van der Waals surface area contributed by atoms with E-state index in [0.29, 0.717) is 5.25 Å². The fourth-order valence-corrected chi connectivity index (χ4v) is 2.52. The first kappa shape index (κ1) is 16.6. The molecule has 0 fully saturated rings. The summed E-state index contributed by atoms with van der Waals surface area (Å²) < 4.78 is 2.28. The first-order valence-corrected chi connectivity index (χ1v) is 7.68. The molecule has 3 heteroatoms. The lowest BCUT2D eigenvalue weighted by atomic mass is 10.3. The Morgan fingerprint density at radius 2 is 1.15 bits per heavy atom. The van der Waals surface area contributed by atoms with Crippen LogP contribution in [0.3, 0.4) is 0 Å². The van der Waals surface area contributed by atoms with Crippen LogP contribution < -0.4 is 9.62 Å². The van der Waals surface area contributed by atoms with Crippen LogP contribution in [0.2, 0.25) is 0 Å². The Hall–Kier alpha value is -1.45. The van der Waals surface area contributed by atoms with E-state index in [0.717, 1.165) is 0 Å². The molecular weight excluding hydrogens is 264 g/mol. The van der Waals surface area contributed by atoms with Gasteiger partial charge in [0.15, 0.2) is 0 Å². The Labute approximate surface area is 127 Å². The van der Waals surface area contributed by atoms with Gasteiger partial charge in [0.2, 0.25) is 0 Å². The summed E-state index contributed by atoms with van der Waals surface area (Å²) in [6.45, 7) is 4.42. The van der Waals surface area contributed by atoms with Gasteiger partial charge in [-0.25, -0.2) is 0 Å². The summed E-state index contributed by atoms with van der Waals surface area (Å²) in [6.07, 6.45) is 0. The maximum Gasteiger partial charge on any atom is 0.0525 e. The maximum atomic E-state index is 2.75. The predicted octanol–water partition coefficient (Wildman–Crippen LogP) is 4.72. The van der Waals surface area contributed by atoms with Crippen molar-refractivity contribution in [3.05, 3.63) is 60.7 Å². The normalized spacial score (nSPS) is 9.85. The van der Waals surface area contributed by atoms with Crippen LogP contribution in [0.1, 0.15) is 13.8 Å². The number of anilines is 2. The SMILES string of the molecule is CC(C)SN(c1ccccc1)c1ccccc1.CNC. The summed E-state index contributed by atoms with van der Waals surface area (Å²) in [5, 5.41) is 3.30. The number of rotatable bonds is 4. The summed E-state index contributed by atoms with van der Waals surface area (Å²) in [5.41, 5.74) is 2.44. The smallest absolute Gasteiger partial charge is 0.0525 e. The van der Waals surface area contributed by atoms with Crippen LogP contribution in [-0.2, 0) is 0 Å². The average molecular weight is 288 g/mol. The molecule has 0 aliphatic rings. The molecule has 0 atom stereocenters. The Kier molecular flexibility index (Phi) is 7.85. The zero-order valence-electron chi connectivity index (χ0n) is 12.7. The molecule has 0 saturated heterocycles. The first-order valence-electron chi connectivity index (χ1n) is 6.84. The van der Waals surface area contributed by atoms with E-state index in [1.54, 1.807) is 0 Å². The number of hydrogen-bond acceptors (Lipinski definition) is 3. The van der Waals surface area contributed by atoms with Gasteiger partial charge in [0.25, 0.3) is 0 Å². The van der Waals surface area contributed by atoms with Gasteiger partial charge in [0.05, 0.1) is 11.4 Å². The summed E-state index contributed by atoms with van der Waals surface area (Å²) in [6, 6.07) is 21.0. The van der Waals surface area contributed by atoms with Crippen molar-refractivity contribution in [2.75, 3.05) is 18.4 Å². The molecule has 1 N–H and O–H groups in total. The number of benzene rings is 2. The van der Waals surface area contributed by atoms with E-state index >= 15 is 0 Å². The van der Waals surface area contributed by atoms with Crippen LogP contribution >= 0.6 is 11.9 Å². The Balaban J connectivity index is 0.000000612. The monoisotopic (exact) mass is 288 g/mol. The molecule has 0 aliphatic carbocycles. The minimum atomic E-state index is 0.551. The molecule has 2 aromatic rings. The highest BCUT2D eigenvalue weighted by molar-refractivity contribution is 8.01. The van der Waals surface area contributed by atoms with Gasteiger partial charge < -0.3 is 5.32 Å². The number of nitrogens with one attached hydrogen (secondary N) is 1. The standard InChI is InChI=1S/C15H17NS.C2H7N/c1-13(2)17-16(14-9-5-3-6-10-14)15-11-7-4-8-12-15;1-3-2/h3-13H,1-2H3;3H,1-2H3. The second-order valence-electron chi connectivity index (χ2n) is 4.62. The topological polar surface area (TPSA) is 15.3 Å². The minimum Gasteiger partial charge on any atom is -0.323 e. The molecule has 0 unspecified atom stereocenters. The highest BCUT2D eigenvalue weighted by Gasteiger charge is 2.10. The van der Waals surface area contributed by atoms with Crippen molar-refractivity contribution in [3.63, 3.8) is 0 Å². The Bertz CT molecular complexity index is 417. The molecule has 0 bridgehead atoms. The zero-order chi connectivity index (χ0) is 14.8. The van der Waals surface area contributed by atoms with Crippen LogP contribution in [0.25, 0.3) is 0 Å². The Morgan fingerprint density at radius 1 is 0.800 bits per heavy atom. The van der Waals surface area contributed by atoms with Gasteiger partial charge >= 0.3 is 0 Å². The summed E-state index contributed by atoms with van der Waals surface area (Å²) in [5.74, 6) is 0. The number of nitrogens with zero attached hydrogens (tertiary/aromatic N) is 1. The van der Waals surface area contributed by atoms with E-state index < -0.39 is 0 Å². The second kappa shape index (κ2) is 9.45. The van der Waals surface area contributed by atoms with E-state index in [2.05, 4.69) is 72.0 Å². The van der Waals surface area contributed by atoms with Crippen molar-refractivity contribution >= 4 is 23.3 Å². The second-order valence-corrected chi connectivity index (χ2v) is 6.14. The van der Waals surface area contributed by atoms with E-state index in [1.807, 2.05) is 38.2 Å². The molecule has 2 nitrogen and oxygen atoms in total. The molecule has 0 saturated carbocycles. The first-order chi connectivity index (χ1) is 9.69. The van der Waals surface area contributed by atoms with Gasteiger partial charge in [-0.05, 0) is 50.3 Å². The maximum absolute atomic E-state index is 2.75. The molecule has 0 aromatic heterocycles. The number of para-hydroxylation sites is 2. The predicted molar refractivity (Wildman–Crippen MR) is 92.7 cm³/mol. The van der Waals surface area contributed by atoms with Gasteiger partial charge in [-0.15, -0.1) is 0 Å². The summed E-state index contributed by atoms with van der Waals surface area (Å²) in [4.78, 5) is 0. The highest BCUT2D eigenvalue weighted by Crippen LogP contribution is 2.33. The molecule has 0 spiro atoms. The fourth-order valence-electron chi connectivity index (χ4n) is 1.61. The fraction of sp³-hybridized carbons (Fsp3) is 0.294.